The molecular weight excluding hydrogens is 368 g/mol. The average molecular weight is 394 g/mol. The topological polar surface area (TPSA) is 113 Å². The maximum atomic E-state index is 13.0. The summed E-state index contributed by atoms with van der Waals surface area (Å²) in [4.78, 5) is 36.2. The van der Waals surface area contributed by atoms with Crippen LogP contribution in [0.1, 0.15) is 56.1 Å². The van der Waals surface area contributed by atoms with Gasteiger partial charge in [0.25, 0.3) is 0 Å². The first-order valence-corrected chi connectivity index (χ1v) is 10.1. The zero-order valence-corrected chi connectivity index (χ0v) is 16.7. The number of anilines is 4. The summed E-state index contributed by atoms with van der Waals surface area (Å²) in [5.41, 5.74) is 8.58. The molecule has 0 bridgehead atoms. The molecule has 2 aliphatic rings. The van der Waals surface area contributed by atoms with Crippen molar-refractivity contribution in [1.82, 2.24) is 9.97 Å². The smallest absolute Gasteiger partial charge is 0.232 e. The number of hydrogen-bond acceptors (Lipinski definition) is 6. The van der Waals surface area contributed by atoms with E-state index >= 15 is 0 Å². The minimum absolute atomic E-state index is 0.0134. The lowest BCUT2D eigenvalue weighted by molar-refractivity contribution is -0.123. The van der Waals surface area contributed by atoms with Crippen molar-refractivity contribution in [2.24, 2.45) is 0 Å². The molecule has 2 aliphatic heterocycles. The molecule has 2 aromatic rings. The first-order chi connectivity index (χ1) is 13.9. The highest BCUT2D eigenvalue weighted by atomic mass is 16.2. The van der Waals surface area contributed by atoms with E-state index in [2.05, 4.69) is 34.4 Å². The van der Waals surface area contributed by atoms with Crippen molar-refractivity contribution < 1.29 is 9.59 Å². The molecule has 0 saturated carbocycles. The number of hydrogen-bond donors (Lipinski definition) is 3. The van der Waals surface area contributed by atoms with Crippen molar-refractivity contribution in [1.29, 1.82) is 0 Å². The zero-order chi connectivity index (χ0) is 20.5. The van der Waals surface area contributed by atoms with Crippen LogP contribution < -0.4 is 21.3 Å². The molecule has 1 aromatic heterocycles. The Morgan fingerprint density at radius 3 is 2.55 bits per heavy atom. The van der Waals surface area contributed by atoms with Crippen LogP contribution in [0.3, 0.4) is 0 Å². The van der Waals surface area contributed by atoms with Crippen LogP contribution in [0, 0.1) is 0 Å². The van der Waals surface area contributed by atoms with E-state index in [-0.39, 0.29) is 24.1 Å². The lowest BCUT2D eigenvalue weighted by atomic mass is 9.91. The van der Waals surface area contributed by atoms with Gasteiger partial charge in [0, 0.05) is 25.2 Å². The van der Waals surface area contributed by atoms with Crippen molar-refractivity contribution in [3.63, 3.8) is 0 Å². The Kier molecular flexibility index (Phi) is 5.08. The van der Waals surface area contributed by atoms with Crippen molar-refractivity contribution in [3.8, 4) is 0 Å². The van der Waals surface area contributed by atoms with Gasteiger partial charge in [-0.2, -0.15) is 9.97 Å². The fraction of sp³-hybridized carbons (Fsp3) is 0.429. The van der Waals surface area contributed by atoms with E-state index in [9.17, 15) is 9.59 Å². The van der Waals surface area contributed by atoms with Crippen LogP contribution in [-0.4, -0.2) is 34.9 Å². The second-order valence-electron chi connectivity index (χ2n) is 7.94. The average Bonchev–Trinajstić information content (AvgIpc) is 3.22. The van der Waals surface area contributed by atoms with Crippen LogP contribution in [0.5, 0.6) is 0 Å². The molecule has 0 aliphatic carbocycles. The molecule has 1 aromatic carbocycles. The summed E-state index contributed by atoms with van der Waals surface area (Å²) in [5, 5.41) is 5.65. The Morgan fingerprint density at radius 1 is 1.21 bits per heavy atom. The number of aromatic nitrogens is 2. The van der Waals surface area contributed by atoms with E-state index in [1.165, 1.54) is 5.56 Å². The molecule has 0 radical (unpaired) electrons. The molecule has 4 N–H and O–H groups in total. The van der Waals surface area contributed by atoms with Crippen molar-refractivity contribution in [3.05, 3.63) is 35.4 Å². The molecular formula is C21H26N6O2. The Bertz CT molecular complexity index is 935. The predicted octanol–water partition coefficient (Wildman–Crippen LogP) is 2.85. The monoisotopic (exact) mass is 394 g/mol. The summed E-state index contributed by atoms with van der Waals surface area (Å²) in [6.45, 7) is 5.96. The minimum atomic E-state index is -0.726. The molecule has 1 saturated heterocycles. The maximum Gasteiger partial charge on any atom is 0.232 e. The lowest BCUT2D eigenvalue weighted by Gasteiger charge is -2.26. The molecule has 1 atom stereocenters. The first-order valence-electron chi connectivity index (χ1n) is 10.1. The molecule has 2 amide bonds. The largest absolute Gasteiger partial charge is 0.383 e. The second kappa shape index (κ2) is 7.69. The normalized spacial score (nSPS) is 18.5. The van der Waals surface area contributed by atoms with Gasteiger partial charge < -0.3 is 21.3 Å². The molecule has 4 rings (SSSR count). The number of nitrogens with two attached hydrogens (primary N) is 1. The fourth-order valence-corrected chi connectivity index (χ4v) is 3.85. The highest BCUT2D eigenvalue weighted by Gasteiger charge is 2.35. The van der Waals surface area contributed by atoms with Gasteiger partial charge in [0.05, 0.1) is 11.5 Å². The maximum absolute atomic E-state index is 13.0. The van der Waals surface area contributed by atoms with Gasteiger partial charge in [-0.25, -0.2) is 0 Å². The molecule has 0 spiro atoms. The van der Waals surface area contributed by atoms with Crippen molar-refractivity contribution >= 4 is 35.1 Å². The van der Waals surface area contributed by atoms with E-state index in [0.717, 1.165) is 25.9 Å². The lowest BCUT2D eigenvalue weighted by Crippen LogP contribution is -2.33. The van der Waals surface area contributed by atoms with Gasteiger partial charge >= 0.3 is 0 Å². The van der Waals surface area contributed by atoms with Crippen LogP contribution in [0.25, 0.3) is 0 Å². The number of carbonyl (C=O) groups is 2. The number of fused-ring (bicyclic) bond motifs is 1. The van der Waals surface area contributed by atoms with Crippen LogP contribution in [0.4, 0.5) is 23.3 Å². The first kappa shape index (κ1) is 19.2. The van der Waals surface area contributed by atoms with Gasteiger partial charge in [-0.1, -0.05) is 26.0 Å². The molecule has 152 valence electrons. The standard InChI is InChI=1S/C21H26N6O2/c1-12(2)13-5-7-14(8-6-13)23-20(29)15-11-16(28)24-19-17(15)18(22)25-21(26-19)27-9-3-4-10-27/h5-8,12,15H,3-4,9-11H2,1-2H3,(H,23,29)(H3,22,24,25,26,28). The summed E-state index contributed by atoms with van der Waals surface area (Å²) >= 11 is 0. The quantitative estimate of drug-likeness (QED) is 0.735. The number of nitrogens with one attached hydrogen (secondary N) is 2. The SMILES string of the molecule is CC(C)c1ccc(NC(=O)C2CC(=O)Nc3nc(N4CCCC4)nc(N)c32)cc1. The van der Waals surface area contributed by atoms with E-state index in [0.29, 0.717) is 28.9 Å². The molecule has 3 heterocycles. The molecule has 8 nitrogen and oxygen atoms in total. The minimum Gasteiger partial charge on any atom is -0.383 e. The molecule has 29 heavy (non-hydrogen) atoms. The fourth-order valence-electron chi connectivity index (χ4n) is 3.85. The summed E-state index contributed by atoms with van der Waals surface area (Å²) in [6.07, 6.45) is 2.17. The molecule has 1 fully saturated rings. The Labute approximate surface area is 169 Å². The number of amides is 2. The van der Waals surface area contributed by atoms with Crippen LogP contribution >= 0.6 is 0 Å². The third kappa shape index (κ3) is 3.87. The Hall–Kier alpha value is -3.16. The Balaban J connectivity index is 1.60. The van der Waals surface area contributed by atoms with Crippen molar-refractivity contribution in [2.45, 2.75) is 44.9 Å². The summed E-state index contributed by atoms with van der Waals surface area (Å²) in [5.74, 6) is 0.231. The molecule has 1 unspecified atom stereocenters. The van der Waals surface area contributed by atoms with Crippen LogP contribution in [0.2, 0.25) is 0 Å². The summed E-state index contributed by atoms with van der Waals surface area (Å²) in [6, 6.07) is 7.71. The zero-order valence-electron chi connectivity index (χ0n) is 16.7. The predicted molar refractivity (Wildman–Crippen MR) is 113 cm³/mol. The van der Waals surface area contributed by atoms with Gasteiger partial charge in [-0.3, -0.25) is 9.59 Å². The van der Waals surface area contributed by atoms with E-state index < -0.39 is 5.92 Å². The van der Waals surface area contributed by atoms with Crippen molar-refractivity contribution in [2.75, 3.05) is 34.4 Å². The van der Waals surface area contributed by atoms with Gasteiger partial charge in [0.2, 0.25) is 17.8 Å². The number of rotatable bonds is 4. The van der Waals surface area contributed by atoms with Gasteiger partial charge in [-0.15, -0.1) is 0 Å². The third-order valence-electron chi connectivity index (χ3n) is 5.51. The number of benzene rings is 1. The number of carbonyl (C=O) groups excluding carboxylic acids is 2. The van der Waals surface area contributed by atoms with Gasteiger partial charge in [0.15, 0.2) is 0 Å². The highest BCUT2D eigenvalue weighted by Crippen LogP contribution is 2.37. The van der Waals surface area contributed by atoms with Gasteiger partial charge in [-0.05, 0) is 36.5 Å². The van der Waals surface area contributed by atoms with Crippen LogP contribution in [-0.2, 0) is 9.59 Å². The van der Waals surface area contributed by atoms with E-state index in [1.807, 2.05) is 29.2 Å². The second-order valence-corrected chi connectivity index (χ2v) is 7.94. The molecule has 8 heteroatoms. The number of nitrogen functional groups attached to an aromatic ring is 1. The van der Waals surface area contributed by atoms with E-state index in [4.69, 9.17) is 5.73 Å². The summed E-state index contributed by atoms with van der Waals surface area (Å²) < 4.78 is 0. The van der Waals surface area contributed by atoms with Crippen LogP contribution in [0.15, 0.2) is 24.3 Å². The number of nitrogens with zero attached hydrogens (tertiary/aromatic N) is 3. The van der Waals surface area contributed by atoms with Gasteiger partial charge in [0.1, 0.15) is 11.6 Å². The van der Waals surface area contributed by atoms with E-state index in [1.54, 1.807) is 0 Å². The highest BCUT2D eigenvalue weighted by molar-refractivity contribution is 6.05. The Morgan fingerprint density at radius 2 is 1.90 bits per heavy atom. The third-order valence-corrected chi connectivity index (χ3v) is 5.51. The summed E-state index contributed by atoms with van der Waals surface area (Å²) in [7, 11) is 0.